The molecule has 0 spiro atoms. The van der Waals surface area contributed by atoms with Crippen molar-refractivity contribution >= 4 is 22.8 Å². The number of fused-ring (bicyclic) bond motifs is 1. The highest BCUT2D eigenvalue weighted by Gasteiger charge is 2.14. The van der Waals surface area contributed by atoms with Crippen molar-refractivity contribution in [3.05, 3.63) is 18.0 Å². The van der Waals surface area contributed by atoms with Gasteiger partial charge in [-0.1, -0.05) is 19.3 Å². The van der Waals surface area contributed by atoms with Crippen molar-refractivity contribution in [2.24, 2.45) is 7.05 Å². The Morgan fingerprint density at radius 1 is 1.33 bits per heavy atom. The maximum Gasteiger partial charge on any atom is 0.161 e. The van der Waals surface area contributed by atoms with Gasteiger partial charge in [0.05, 0.1) is 17.7 Å². The lowest BCUT2D eigenvalue weighted by Crippen LogP contribution is -2.11. The van der Waals surface area contributed by atoms with Gasteiger partial charge in [0.15, 0.2) is 5.65 Å². The Bertz CT molecular complexity index is 605. The van der Waals surface area contributed by atoms with Gasteiger partial charge in [0.2, 0.25) is 0 Å². The SMILES string of the molecule is Cc1nn(C)c2nccc(OCCSC3CCCCC3)c12. The summed E-state index contributed by atoms with van der Waals surface area (Å²) in [6.45, 7) is 2.77. The average Bonchev–Trinajstić information content (AvgIpc) is 2.80. The summed E-state index contributed by atoms with van der Waals surface area (Å²) in [6.07, 6.45) is 8.78. The first-order chi connectivity index (χ1) is 10.3. The minimum atomic E-state index is 0.759. The Labute approximate surface area is 130 Å². The second kappa shape index (κ2) is 6.69. The first-order valence-corrected chi connectivity index (χ1v) is 8.83. The fraction of sp³-hybridized carbons (Fsp3) is 0.625. The van der Waals surface area contributed by atoms with Crippen LogP contribution in [0.4, 0.5) is 0 Å². The van der Waals surface area contributed by atoms with E-state index in [1.807, 2.05) is 24.7 Å². The van der Waals surface area contributed by atoms with Crippen LogP contribution in [0.3, 0.4) is 0 Å². The van der Waals surface area contributed by atoms with Crippen LogP contribution in [-0.2, 0) is 7.05 Å². The lowest BCUT2D eigenvalue weighted by atomic mass is 10.0. The first-order valence-electron chi connectivity index (χ1n) is 7.78. The summed E-state index contributed by atoms with van der Waals surface area (Å²) in [4.78, 5) is 4.38. The van der Waals surface area contributed by atoms with Crippen molar-refractivity contribution in [3.8, 4) is 5.75 Å². The summed E-state index contributed by atoms with van der Waals surface area (Å²) in [5, 5.41) is 6.31. The van der Waals surface area contributed by atoms with E-state index in [9.17, 15) is 0 Å². The van der Waals surface area contributed by atoms with Gasteiger partial charge >= 0.3 is 0 Å². The molecular formula is C16H23N3OS. The van der Waals surface area contributed by atoms with Crippen molar-refractivity contribution in [1.82, 2.24) is 14.8 Å². The fourth-order valence-electron chi connectivity index (χ4n) is 3.06. The summed E-state index contributed by atoms with van der Waals surface area (Å²) in [5.74, 6) is 1.98. The molecule has 0 aliphatic heterocycles. The van der Waals surface area contributed by atoms with E-state index in [1.165, 1.54) is 32.1 Å². The molecule has 1 aliphatic carbocycles. The van der Waals surface area contributed by atoms with Gasteiger partial charge in [0.25, 0.3) is 0 Å². The molecule has 114 valence electrons. The molecule has 2 aromatic rings. The molecule has 1 saturated carbocycles. The van der Waals surface area contributed by atoms with E-state index in [0.29, 0.717) is 0 Å². The van der Waals surface area contributed by atoms with Gasteiger partial charge in [-0.05, 0) is 25.8 Å². The molecule has 21 heavy (non-hydrogen) atoms. The Morgan fingerprint density at radius 2 is 2.14 bits per heavy atom. The van der Waals surface area contributed by atoms with E-state index in [1.54, 1.807) is 6.20 Å². The fourth-order valence-corrected chi connectivity index (χ4v) is 4.24. The zero-order valence-corrected chi connectivity index (χ0v) is 13.7. The molecule has 1 fully saturated rings. The van der Waals surface area contributed by atoms with Crippen LogP contribution in [-0.4, -0.2) is 32.4 Å². The molecule has 0 radical (unpaired) electrons. The number of nitrogens with zero attached hydrogens (tertiary/aromatic N) is 3. The smallest absolute Gasteiger partial charge is 0.161 e. The number of pyridine rings is 1. The zero-order valence-electron chi connectivity index (χ0n) is 12.8. The molecule has 3 rings (SSSR count). The molecule has 2 aromatic heterocycles. The van der Waals surface area contributed by atoms with Crippen LogP contribution < -0.4 is 4.74 Å². The molecular weight excluding hydrogens is 282 g/mol. The third kappa shape index (κ3) is 3.34. The van der Waals surface area contributed by atoms with Gasteiger partial charge in [0.1, 0.15) is 5.75 Å². The predicted octanol–water partition coefficient (Wildman–Crippen LogP) is 3.72. The lowest BCUT2D eigenvalue weighted by molar-refractivity contribution is 0.347. The Morgan fingerprint density at radius 3 is 2.95 bits per heavy atom. The summed E-state index contributed by atoms with van der Waals surface area (Å²) in [7, 11) is 1.92. The number of rotatable bonds is 5. The summed E-state index contributed by atoms with van der Waals surface area (Å²) >= 11 is 2.07. The Balaban J connectivity index is 1.58. The van der Waals surface area contributed by atoms with Crippen molar-refractivity contribution < 1.29 is 4.74 Å². The molecule has 2 heterocycles. The topological polar surface area (TPSA) is 39.9 Å². The maximum atomic E-state index is 5.99. The number of ether oxygens (including phenoxy) is 1. The zero-order chi connectivity index (χ0) is 14.7. The normalized spacial score (nSPS) is 16.5. The quantitative estimate of drug-likeness (QED) is 0.789. The van der Waals surface area contributed by atoms with Crippen molar-refractivity contribution in [2.45, 2.75) is 44.3 Å². The van der Waals surface area contributed by atoms with E-state index >= 15 is 0 Å². The molecule has 4 nitrogen and oxygen atoms in total. The van der Waals surface area contributed by atoms with E-state index in [4.69, 9.17) is 4.74 Å². The lowest BCUT2D eigenvalue weighted by Gasteiger charge is -2.20. The van der Waals surface area contributed by atoms with Gasteiger partial charge in [-0.3, -0.25) is 4.68 Å². The summed E-state index contributed by atoms with van der Waals surface area (Å²) in [6, 6.07) is 1.95. The van der Waals surface area contributed by atoms with Crippen LogP contribution >= 0.6 is 11.8 Å². The monoisotopic (exact) mass is 305 g/mol. The van der Waals surface area contributed by atoms with E-state index in [0.717, 1.165) is 40.1 Å². The molecule has 0 saturated heterocycles. The van der Waals surface area contributed by atoms with Gasteiger partial charge in [-0.15, -0.1) is 0 Å². The van der Waals surface area contributed by atoms with Crippen LogP contribution in [0.1, 0.15) is 37.8 Å². The Hall–Kier alpha value is -1.23. The van der Waals surface area contributed by atoms with Gasteiger partial charge < -0.3 is 4.74 Å². The Kier molecular flexibility index (Phi) is 4.68. The van der Waals surface area contributed by atoms with Gasteiger partial charge in [-0.25, -0.2) is 4.98 Å². The summed E-state index contributed by atoms with van der Waals surface area (Å²) in [5.41, 5.74) is 1.88. The first kappa shape index (κ1) is 14.7. The minimum absolute atomic E-state index is 0.759. The third-order valence-corrected chi connectivity index (χ3v) is 5.45. The van der Waals surface area contributed by atoms with Crippen molar-refractivity contribution in [3.63, 3.8) is 0 Å². The largest absolute Gasteiger partial charge is 0.492 e. The highest BCUT2D eigenvalue weighted by Crippen LogP contribution is 2.29. The molecule has 0 unspecified atom stereocenters. The molecule has 0 amide bonds. The van der Waals surface area contributed by atoms with E-state index in [-0.39, 0.29) is 0 Å². The van der Waals surface area contributed by atoms with E-state index in [2.05, 4.69) is 21.8 Å². The second-order valence-electron chi connectivity index (χ2n) is 5.70. The van der Waals surface area contributed by atoms with Crippen LogP contribution in [0.5, 0.6) is 5.75 Å². The van der Waals surface area contributed by atoms with Crippen molar-refractivity contribution in [1.29, 1.82) is 0 Å². The molecule has 0 aromatic carbocycles. The number of thioether (sulfide) groups is 1. The van der Waals surface area contributed by atoms with Crippen LogP contribution in [0.25, 0.3) is 11.0 Å². The van der Waals surface area contributed by atoms with E-state index < -0.39 is 0 Å². The number of hydrogen-bond donors (Lipinski definition) is 0. The predicted molar refractivity (Wildman–Crippen MR) is 88.1 cm³/mol. The van der Waals surface area contributed by atoms with Gasteiger partial charge in [-0.2, -0.15) is 16.9 Å². The number of aromatic nitrogens is 3. The summed E-state index contributed by atoms with van der Waals surface area (Å²) < 4.78 is 7.80. The third-order valence-electron chi connectivity index (χ3n) is 4.11. The standard InChI is InChI=1S/C16H23N3OS/c1-12-15-14(8-9-17-16(15)19(2)18-12)20-10-11-21-13-6-4-3-5-7-13/h8-9,13H,3-7,10-11H2,1-2H3. The van der Waals surface area contributed by atoms with Crippen LogP contribution in [0, 0.1) is 6.92 Å². The van der Waals surface area contributed by atoms with Gasteiger partial charge in [0, 0.05) is 24.2 Å². The van der Waals surface area contributed by atoms with Crippen molar-refractivity contribution in [2.75, 3.05) is 12.4 Å². The van der Waals surface area contributed by atoms with Crippen LogP contribution in [0.15, 0.2) is 12.3 Å². The number of hydrogen-bond acceptors (Lipinski definition) is 4. The highest BCUT2D eigenvalue weighted by atomic mass is 32.2. The molecule has 0 atom stereocenters. The molecule has 0 N–H and O–H groups in total. The second-order valence-corrected chi connectivity index (χ2v) is 7.10. The van der Waals surface area contributed by atoms with Crippen LogP contribution in [0.2, 0.25) is 0 Å². The number of aryl methyl sites for hydroxylation is 2. The maximum absolute atomic E-state index is 5.99. The average molecular weight is 305 g/mol. The minimum Gasteiger partial charge on any atom is -0.492 e. The molecule has 5 heteroatoms. The highest BCUT2D eigenvalue weighted by molar-refractivity contribution is 7.99. The molecule has 1 aliphatic rings. The molecule has 0 bridgehead atoms.